The fourth-order valence-electron chi connectivity index (χ4n) is 4.20. The van der Waals surface area contributed by atoms with Gasteiger partial charge in [0.05, 0.1) is 23.9 Å². The minimum absolute atomic E-state index is 0.0410. The number of phenols is 1. The van der Waals surface area contributed by atoms with Crippen LogP contribution in [0.1, 0.15) is 55.6 Å². The molecule has 1 aromatic carbocycles. The smallest absolute Gasteiger partial charge is 0.343 e. The number of nitrogens with zero attached hydrogens (tertiary/aromatic N) is 2. The summed E-state index contributed by atoms with van der Waals surface area (Å²) in [6.45, 7) is 6.23. The average Bonchev–Trinajstić information content (AvgIpc) is 2.90. The Morgan fingerprint density at radius 3 is 2.85 bits per heavy atom. The Morgan fingerprint density at radius 2 is 2.12 bits per heavy atom. The van der Waals surface area contributed by atoms with Crippen LogP contribution in [0.3, 0.4) is 0 Å². The summed E-state index contributed by atoms with van der Waals surface area (Å²) in [6, 6.07) is 6.82. The maximum Gasteiger partial charge on any atom is 0.343 e. The van der Waals surface area contributed by atoms with Crippen LogP contribution < -0.4 is 10.4 Å². The zero-order valence-corrected chi connectivity index (χ0v) is 15.2. The second kappa shape index (κ2) is 5.62. The number of carbonyl (C=O) groups is 1. The molecular weight excluding hydrogens is 332 g/mol. The molecule has 0 spiro atoms. The van der Waals surface area contributed by atoms with E-state index in [1.54, 1.807) is 25.3 Å². The number of phenolic OH excluding ortho intramolecular Hbond substituents is 1. The van der Waals surface area contributed by atoms with Crippen molar-refractivity contribution in [2.24, 2.45) is 0 Å². The van der Waals surface area contributed by atoms with Gasteiger partial charge in [0.2, 0.25) is 0 Å². The molecule has 6 heteroatoms. The predicted molar refractivity (Wildman–Crippen MR) is 98.0 cm³/mol. The Balaban J connectivity index is 1.99. The normalized spacial score (nSPS) is 19.5. The number of esters is 1. The van der Waals surface area contributed by atoms with Crippen LogP contribution in [0.2, 0.25) is 0 Å². The molecule has 2 aliphatic rings. The largest absolute Gasteiger partial charge is 0.508 e. The molecule has 0 bridgehead atoms. The second-order valence-corrected chi connectivity index (χ2v) is 7.48. The Bertz CT molecular complexity index is 961. The number of aromatic nitrogens is 1. The third kappa shape index (κ3) is 2.32. The molecule has 1 N–H and O–H groups in total. The Hall–Kier alpha value is -2.76. The first-order valence-corrected chi connectivity index (χ1v) is 8.90. The molecule has 136 valence electrons. The van der Waals surface area contributed by atoms with Crippen molar-refractivity contribution in [3.05, 3.63) is 51.8 Å². The van der Waals surface area contributed by atoms with Crippen molar-refractivity contribution in [1.29, 1.82) is 0 Å². The monoisotopic (exact) mass is 354 g/mol. The summed E-state index contributed by atoms with van der Waals surface area (Å²) in [5.74, 6) is -0.384. The predicted octanol–water partition coefficient (Wildman–Crippen LogP) is 2.96. The first-order chi connectivity index (χ1) is 12.3. The van der Waals surface area contributed by atoms with Gasteiger partial charge in [-0.15, -0.1) is 0 Å². The highest BCUT2D eigenvalue weighted by Gasteiger charge is 2.45. The van der Waals surface area contributed by atoms with E-state index in [9.17, 15) is 14.7 Å². The van der Waals surface area contributed by atoms with Gasteiger partial charge in [-0.05, 0) is 57.4 Å². The number of rotatable bonds is 2. The summed E-state index contributed by atoms with van der Waals surface area (Å²) in [7, 11) is 0. The first-order valence-electron chi connectivity index (χ1n) is 8.90. The van der Waals surface area contributed by atoms with E-state index in [0.717, 1.165) is 29.7 Å². The third-order valence-electron chi connectivity index (χ3n) is 5.37. The molecule has 1 atom stereocenters. The summed E-state index contributed by atoms with van der Waals surface area (Å²) in [4.78, 5) is 24.8. The van der Waals surface area contributed by atoms with Crippen molar-refractivity contribution in [2.75, 3.05) is 11.6 Å². The van der Waals surface area contributed by atoms with Gasteiger partial charge >= 0.3 is 5.97 Å². The van der Waals surface area contributed by atoms with Crippen LogP contribution in [0.15, 0.2) is 35.3 Å². The summed E-state index contributed by atoms with van der Waals surface area (Å²) in [5, 5.41) is 12.2. The summed E-state index contributed by atoms with van der Waals surface area (Å²) in [5.41, 5.74) is 2.18. The number of hydrogen-bond donors (Lipinski definition) is 1. The highest BCUT2D eigenvalue weighted by Crippen LogP contribution is 2.48. The standard InChI is InChI=1S/C20H22N2O4/c1-4-26-19(25)15-11-21-17(10-18(15)24)13-6-5-12(23)9-14(13)16-7-8-20(2,3)22(16)21/h5-6,9-11,16,23H,4,7-8H2,1-3H3. The lowest BCUT2D eigenvalue weighted by atomic mass is 9.94. The van der Waals surface area contributed by atoms with Gasteiger partial charge in [0.1, 0.15) is 11.3 Å². The lowest BCUT2D eigenvalue weighted by molar-refractivity contribution is 0.0523. The highest BCUT2D eigenvalue weighted by atomic mass is 16.5. The molecule has 2 aliphatic heterocycles. The molecule has 1 aromatic heterocycles. The molecule has 2 aromatic rings. The van der Waals surface area contributed by atoms with Crippen molar-refractivity contribution >= 4 is 5.97 Å². The van der Waals surface area contributed by atoms with Crippen molar-refractivity contribution in [3.63, 3.8) is 0 Å². The van der Waals surface area contributed by atoms with Crippen molar-refractivity contribution in [1.82, 2.24) is 4.68 Å². The van der Waals surface area contributed by atoms with Gasteiger partial charge in [-0.3, -0.25) is 14.5 Å². The van der Waals surface area contributed by atoms with Gasteiger partial charge in [0.25, 0.3) is 0 Å². The van der Waals surface area contributed by atoms with E-state index in [1.807, 2.05) is 10.7 Å². The van der Waals surface area contributed by atoms with Crippen LogP contribution in [0.4, 0.5) is 0 Å². The van der Waals surface area contributed by atoms with Crippen LogP contribution in [0.25, 0.3) is 11.3 Å². The minimum Gasteiger partial charge on any atom is -0.508 e. The molecule has 0 aliphatic carbocycles. The first kappa shape index (κ1) is 16.7. The Labute approximate surface area is 151 Å². The molecule has 26 heavy (non-hydrogen) atoms. The number of carbonyl (C=O) groups excluding carboxylic acids is 1. The van der Waals surface area contributed by atoms with Crippen LogP contribution in [-0.2, 0) is 4.74 Å². The van der Waals surface area contributed by atoms with Crippen LogP contribution >= 0.6 is 0 Å². The van der Waals surface area contributed by atoms with Gasteiger partial charge in [-0.2, -0.15) is 0 Å². The lowest BCUT2D eigenvalue weighted by Gasteiger charge is -2.44. The van der Waals surface area contributed by atoms with Gasteiger partial charge in [0, 0.05) is 17.8 Å². The molecule has 6 nitrogen and oxygen atoms in total. The van der Waals surface area contributed by atoms with E-state index >= 15 is 0 Å². The van der Waals surface area contributed by atoms with E-state index in [-0.39, 0.29) is 34.9 Å². The van der Waals surface area contributed by atoms with E-state index in [1.165, 1.54) is 6.07 Å². The summed E-state index contributed by atoms with van der Waals surface area (Å²) in [6.07, 6.45) is 3.50. The van der Waals surface area contributed by atoms with Gasteiger partial charge in [-0.25, -0.2) is 4.79 Å². The Kier molecular flexibility index (Phi) is 3.61. The van der Waals surface area contributed by atoms with Gasteiger partial charge in [0.15, 0.2) is 5.43 Å². The zero-order chi connectivity index (χ0) is 18.6. The molecule has 1 fully saturated rings. The molecule has 1 saturated heterocycles. The van der Waals surface area contributed by atoms with E-state index < -0.39 is 5.97 Å². The molecule has 0 amide bonds. The summed E-state index contributed by atoms with van der Waals surface area (Å²) >= 11 is 0. The number of benzene rings is 1. The second-order valence-electron chi connectivity index (χ2n) is 7.48. The van der Waals surface area contributed by atoms with Crippen molar-refractivity contribution in [3.8, 4) is 17.0 Å². The van der Waals surface area contributed by atoms with E-state index in [2.05, 4.69) is 18.9 Å². The number of pyridine rings is 1. The number of hydrogen-bond acceptors (Lipinski definition) is 5. The molecular formula is C20H22N2O4. The molecule has 4 rings (SSSR count). The Morgan fingerprint density at radius 1 is 1.35 bits per heavy atom. The molecule has 3 heterocycles. The lowest BCUT2D eigenvalue weighted by Crippen LogP contribution is -2.50. The summed E-state index contributed by atoms with van der Waals surface area (Å²) < 4.78 is 6.97. The zero-order valence-electron chi connectivity index (χ0n) is 15.2. The highest BCUT2D eigenvalue weighted by molar-refractivity contribution is 5.89. The van der Waals surface area contributed by atoms with Gasteiger partial charge in [-0.1, -0.05) is 0 Å². The minimum atomic E-state index is -0.599. The third-order valence-corrected chi connectivity index (χ3v) is 5.37. The fourth-order valence-corrected chi connectivity index (χ4v) is 4.20. The van der Waals surface area contributed by atoms with E-state index in [4.69, 9.17) is 4.74 Å². The van der Waals surface area contributed by atoms with Crippen molar-refractivity contribution < 1.29 is 14.6 Å². The molecule has 0 radical (unpaired) electrons. The number of ether oxygens (including phenoxy) is 1. The van der Waals surface area contributed by atoms with Crippen LogP contribution in [-0.4, -0.2) is 27.9 Å². The average molecular weight is 354 g/mol. The fraction of sp³-hybridized carbons (Fsp3) is 0.400. The van der Waals surface area contributed by atoms with Crippen molar-refractivity contribution in [2.45, 2.75) is 45.2 Å². The maximum atomic E-state index is 12.6. The topological polar surface area (TPSA) is 71.8 Å². The quantitative estimate of drug-likeness (QED) is 0.840. The maximum absolute atomic E-state index is 12.6. The molecule has 1 unspecified atom stereocenters. The SMILES string of the molecule is CCOC(=O)c1cn2c(cc1=O)-c1ccc(O)cc1C1CCC(C)(C)N12. The number of aromatic hydroxyl groups is 1. The van der Waals surface area contributed by atoms with Gasteiger partial charge < -0.3 is 9.84 Å². The van der Waals surface area contributed by atoms with E-state index in [0.29, 0.717) is 0 Å². The number of fused-ring (bicyclic) bond motifs is 6. The van der Waals surface area contributed by atoms with Crippen LogP contribution in [0.5, 0.6) is 5.75 Å². The van der Waals surface area contributed by atoms with Crippen LogP contribution in [0, 0.1) is 0 Å². The molecule has 0 saturated carbocycles.